The maximum atomic E-state index is 12.7. The number of hydrogen-bond donors (Lipinski definition) is 0. The van der Waals surface area contributed by atoms with Gasteiger partial charge in [-0.1, -0.05) is 17.7 Å². The zero-order valence-electron chi connectivity index (χ0n) is 21.0. The highest BCUT2D eigenvalue weighted by atomic mass is 19.1. The SMILES string of the molecule is CCOc1ccncc1N(c1ccc(C)cc1)C1CCN(C(=O)OC(C)(C)C)C(C)C1.CF. The third-order valence-corrected chi connectivity index (χ3v) is 5.47. The lowest BCUT2D eigenvalue weighted by molar-refractivity contribution is 0.0106. The minimum atomic E-state index is -0.496. The molecule has 1 amide bonds. The lowest BCUT2D eigenvalue weighted by atomic mass is 9.96. The summed E-state index contributed by atoms with van der Waals surface area (Å²) in [5, 5.41) is 0. The third-order valence-electron chi connectivity index (χ3n) is 5.47. The molecule has 6 nitrogen and oxygen atoms in total. The highest BCUT2D eigenvalue weighted by Gasteiger charge is 2.35. The molecule has 1 aliphatic heterocycles. The molecule has 3 rings (SSSR count). The van der Waals surface area contributed by atoms with Gasteiger partial charge in [0.1, 0.15) is 17.0 Å². The van der Waals surface area contributed by atoms with E-state index < -0.39 is 5.60 Å². The largest absolute Gasteiger partial charge is 0.492 e. The fourth-order valence-corrected chi connectivity index (χ4v) is 4.06. The van der Waals surface area contributed by atoms with Gasteiger partial charge < -0.3 is 19.3 Å². The lowest BCUT2D eigenvalue weighted by Crippen LogP contribution is -2.51. The number of hydrogen-bond acceptors (Lipinski definition) is 5. The van der Waals surface area contributed by atoms with E-state index in [0.29, 0.717) is 20.3 Å². The average molecular weight is 460 g/mol. The molecule has 33 heavy (non-hydrogen) atoms. The molecule has 1 saturated heterocycles. The highest BCUT2D eigenvalue weighted by molar-refractivity contribution is 5.71. The van der Waals surface area contributed by atoms with Crippen molar-refractivity contribution in [3.63, 3.8) is 0 Å². The number of carbonyl (C=O) groups is 1. The number of anilines is 2. The molecule has 2 unspecified atom stereocenters. The number of aryl methyl sites for hydroxylation is 1. The Balaban J connectivity index is 0.00000187. The van der Waals surface area contributed by atoms with Crippen LogP contribution in [-0.4, -0.2) is 54.0 Å². The number of benzene rings is 1. The zero-order valence-corrected chi connectivity index (χ0v) is 21.0. The first kappa shape index (κ1) is 26.4. The predicted octanol–water partition coefficient (Wildman–Crippen LogP) is 6.30. The normalized spacial score (nSPS) is 18.1. The van der Waals surface area contributed by atoms with Crippen LogP contribution in [0.1, 0.15) is 53.0 Å². The summed E-state index contributed by atoms with van der Waals surface area (Å²) >= 11 is 0. The summed E-state index contributed by atoms with van der Waals surface area (Å²) in [6.45, 7) is 13.1. The Morgan fingerprint density at radius 2 is 1.88 bits per heavy atom. The third kappa shape index (κ3) is 7.07. The zero-order chi connectivity index (χ0) is 24.6. The van der Waals surface area contributed by atoms with Crippen LogP contribution in [0, 0.1) is 6.92 Å². The summed E-state index contributed by atoms with van der Waals surface area (Å²) in [5.74, 6) is 0.820. The van der Waals surface area contributed by atoms with Crippen LogP contribution in [-0.2, 0) is 4.74 Å². The Morgan fingerprint density at radius 3 is 2.45 bits per heavy atom. The van der Waals surface area contributed by atoms with Crippen LogP contribution in [0.5, 0.6) is 5.75 Å². The smallest absolute Gasteiger partial charge is 0.410 e. The Hall–Kier alpha value is -2.83. The second kappa shape index (κ2) is 11.9. The van der Waals surface area contributed by atoms with E-state index in [1.54, 1.807) is 6.20 Å². The van der Waals surface area contributed by atoms with Crippen molar-refractivity contribution >= 4 is 17.5 Å². The monoisotopic (exact) mass is 459 g/mol. The van der Waals surface area contributed by atoms with Gasteiger partial charge in [0.2, 0.25) is 0 Å². The summed E-state index contributed by atoms with van der Waals surface area (Å²) in [5.41, 5.74) is 2.77. The quantitative estimate of drug-likeness (QED) is 0.525. The Kier molecular flexibility index (Phi) is 9.50. The first-order chi connectivity index (χ1) is 15.7. The van der Waals surface area contributed by atoms with E-state index in [4.69, 9.17) is 9.47 Å². The maximum absolute atomic E-state index is 12.7. The van der Waals surface area contributed by atoms with Crippen LogP contribution in [0.4, 0.5) is 20.6 Å². The number of likely N-dealkylation sites (tertiary alicyclic amines) is 1. The summed E-state index contributed by atoms with van der Waals surface area (Å²) in [6.07, 6.45) is 5.05. The van der Waals surface area contributed by atoms with Gasteiger partial charge in [-0.15, -0.1) is 0 Å². The van der Waals surface area contributed by atoms with E-state index >= 15 is 0 Å². The van der Waals surface area contributed by atoms with Crippen molar-refractivity contribution in [1.82, 2.24) is 9.88 Å². The summed E-state index contributed by atoms with van der Waals surface area (Å²) in [6, 6.07) is 10.7. The second-order valence-corrected chi connectivity index (χ2v) is 9.18. The van der Waals surface area contributed by atoms with Crippen molar-refractivity contribution in [3.05, 3.63) is 48.3 Å². The fourth-order valence-electron chi connectivity index (χ4n) is 4.06. The van der Waals surface area contributed by atoms with Crippen LogP contribution < -0.4 is 9.64 Å². The van der Waals surface area contributed by atoms with Gasteiger partial charge in [-0.2, -0.15) is 0 Å². The molecule has 2 heterocycles. The molecule has 1 aromatic carbocycles. The van der Waals surface area contributed by atoms with Crippen LogP contribution in [0.3, 0.4) is 0 Å². The number of piperidine rings is 1. The number of nitrogens with zero attached hydrogens (tertiary/aromatic N) is 3. The van der Waals surface area contributed by atoms with Gasteiger partial charge in [-0.3, -0.25) is 9.37 Å². The molecule has 0 radical (unpaired) electrons. The van der Waals surface area contributed by atoms with Crippen molar-refractivity contribution in [2.75, 3.05) is 25.2 Å². The Morgan fingerprint density at radius 1 is 1.21 bits per heavy atom. The first-order valence-corrected chi connectivity index (χ1v) is 11.5. The fraction of sp³-hybridized carbons (Fsp3) is 0.538. The molecule has 2 atom stereocenters. The minimum absolute atomic E-state index is 0.0637. The number of halogens is 1. The topological polar surface area (TPSA) is 54.9 Å². The van der Waals surface area contributed by atoms with Crippen LogP contribution >= 0.6 is 0 Å². The van der Waals surface area contributed by atoms with E-state index in [1.165, 1.54) is 5.56 Å². The molecular weight excluding hydrogens is 421 g/mol. The molecule has 2 aromatic rings. The van der Waals surface area contributed by atoms with E-state index in [0.717, 1.165) is 30.0 Å². The molecule has 0 aliphatic carbocycles. The van der Waals surface area contributed by atoms with Gasteiger partial charge in [0.15, 0.2) is 0 Å². The van der Waals surface area contributed by atoms with Gasteiger partial charge in [-0.25, -0.2) is 4.79 Å². The van der Waals surface area contributed by atoms with Crippen molar-refractivity contribution in [1.29, 1.82) is 0 Å². The first-order valence-electron chi connectivity index (χ1n) is 11.5. The number of aromatic nitrogens is 1. The summed E-state index contributed by atoms with van der Waals surface area (Å²) < 4.78 is 21.0. The predicted molar refractivity (Wildman–Crippen MR) is 131 cm³/mol. The van der Waals surface area contributed by atoms with E-state index in [1.807, 2.05) is 44.9 Å². The highest BCUT2D eigenvalue weighted by Crippen LogP contribution is 2.38. The molecule has 1 fully saturated rings. The summed E-state index contributed by atoms with van der Waals surface area (Å²) in [7, 11) is 0.500. The Labute approximate surface area is 197 Å². The molecule has 0 saturated carbocycles. The van der Waals surface area contributed by atoms with Gasteiger partial charge >= 0.3 is 6.09 Å². The number of rotatable bonds is 5. The van der Waals surface area contributed by atoms with E-state index in [2.05, 4.69) is 48.0 Å². The van der Waals surface area contributed by atoms with Crippen molar-refractivity contribution in [3.8, 4) is 5.75 Å². The average Bonchev–Trinajstić information content (AvgIpc) is 2.77. The lowest BCUT2D eigenvalue weighted by Gasteiger charge is -2.43. The van der Waals surface area contributed by atoms with Gasteiger partial charge in [0.25, 0.3) is 0 Å². The van der Waals surface area contributed by atoms with Crippen LogP contribution in [0.2, 0.25) is 0 Å². The molecule has 0 spiro atoms. The number of alkyl halides is 1. The summed E-state index contributed by atoms with van der Waals surface area (Å²) in [4.78, 5) is 21.2. The number of ether oxygens (including phenoxy) is 2. The van der Waals surface area contributed by atoms with Gasteiger partial charge in [0.05, 0.1) is 20.0 Å². The number of pyridine rings is 1. The molecule has 1 aromatic heterocycles. The van der Waals surface area contributed by atoms with Crippen molar-refractivity contribution in [2.24, 2.45) is 0 Å². The van der Waals surface area contributed by atoms with Crippen LogP contribution in [0.25, 0.3) is 0 Å². The molecule has 0 N–H and O–H groups in total. The molecule has 0 bridgehead atoms. The van der Waals surface area contributed by atoms with Crippen molar-refractivity contribution < 1.29 is 18.7 Å². The van der Waals surface area contributed by atoms with Crippen LogP contribution in [0.15, 0.2) is 42.7 Å². The van der Waals surface area contributed by atoms with E-state index in [9.17, 15) is 9.18 Å². The van der Waals surface area contributed by atoms with Gasteiger partial charge in [-0.05, 0) is 66.5 Å². The molecular formula is C26H38FN3O3. The van der Waals surface area contributed by atoms with E-state index in [-0.39, 0.29) is 18.2 Å². The number of amides is 1. The Bertz CT molecular complexity index is 883. The second-order valence-electron chi connectivity index (χ2n) is 9.18. The molecule has 1 aliphatic rings. The standard InChI is InChI=1S/C25H35N3O3.CH3F/c1-7-30-23-12-14-26-17-22(23)28(20-10-8-18(2)9-11-20)21-13-15-27(19(3)16-21)24(29)31-25(4,5)6;1-2/h8-12,14,17,19,21H,7,13,15-16H2,1-6H3;1H3. The maximum Gasteiger partial charge on any atom is 0.410 e. The molecule has 7 heteroatoms. The van der Waals surface area contributed by atoms with Gasteiger partial charge in [0, 0.05) is 36.6 Å². The molecule has 182 valence electrons. The van der Waals surface area contributed by atoms with Crippen molar-refractivity contribution in [2.45, 2.75) is 72.1 Å². The minimum Gasteiger partial charge on any atom is -0.492 e. The number of carbonyl (C=O) groups excluding carboxylic acids is 1.